The summed E-state index contributed by atoms with van der Waals surface area (Å²) < 4.78 is 1.78. The fourth-order valence-corrected chi connectivity index (χ4v) is 2.33. The Hall–Kier alpha value is -2.29. The smallest absolute Gasteiger partial charge is 0.314 e. The summed E-state index contributed by atoms with van der Waals surface area (Å²) in [5.74, 6) is -0.931. The van der Waals surface area contributed by atoms with Gasteiger partial charge in [-0.3, -0.25) is 14.9 Å². The number of carboxylic acids is 1. The second kappa shape index (κ2) is 5.60. The molecule has 8 nitrogen and oxygen atoms in total. The molecule has 0 aliphatic heterocycles. The molecule has 0 aliphatic carbocycles. The van der Waals surface area contributed by atoms with Crippen molar-refractivity contribution in [2.45, 2.75) is 20.3 Å². The monoisotopic (exact) mass is 354 g/mol. The van der Waals surface area contributed by atoms with Gasteiger partial charge in [0.1, 0.15) is 0 Å². The zero-order valence-electron chi connectivity index (χ0n) is 11.2. The van der Waals surface area contributed by atoms with Crippen LogP contribution in [0.3, 0.4) is 0 Å². The lowest BCUT2D eigenvalue weighted by Gasteiger charge is -2.05. The van der Waals surface area contributed by atoms with Crippen LogP contribution in [0.15, 0.2) is 16.7 Å². The summed E-state index contributed by atoms with van der Waals surface area (Å²) in [5.41, 5.74) is 1.35. The summed E-state index contributed by atoms with van der Waals surface area (Å²) in [5, 5.41) is 24.2. The Labute approximate surface area is 127 Å². The van der Waals surface area contributed by atoms with Gasteiger partial charge in [-0.25, -0.2) is 9.67 Å². The summed E-state index contributed by atoms with van der Waals surface area (Å²) in [4.78, 5) is 25.5. The normalized spacial score (nSPS) is 10.6. The standard InChI is InChI=1S/C12H11BrN4O4/c1-6-9(4-11(18)19)7(2)16(15-6)12-10(17(20)21)3-8(13)5-14-12/h3,5H,4H2,1-2H3,(H,18,19). The molecule has 2 aromatic rings. The SMILES string of the molecule is Cc1nn(-c2ncc(Br)cc2[N+](=O)[O-])c(C)c1CC(=O)O. The molecule has 2 rings (SSSR count). The number of aliphatic carboxylic acids is 1. The van der Waals surface area contributed by atoms with Gasteiger partial charge < -0.3 is 5.11 Å². The molecular formula is C12H11BrN4O4. The molecule has 0 bridgehead atoms. The van der Waals surface area contributed by atoms with Gasteiger partial charge in [-0.15, -0.1) is 0 Å². The average Bonchev–Trinajstić information content (AvgIpc) is 2.66. The van der Waals surface area contributed by atoms with Crippen molar-refractivity contribution in [3.63, 3.8) is 0 Å². The van der Waals surface area contributed by atoms with Crippen molar-refractivity contribution in [2.24, 2.45) is 0 Å². The zero-order valence-corrected chi connectivity index (χ0v) is 12.8. The van der Waals surface area contributed by atoms with Gasteiger partial charge in [0.2, 0.25) is 5.82 Å². The van der Waals surface area contributed by atoms with E-state index < -0.39 is 10.9 Å². The second-order valence-corrected chi connectivity index (χ2v) is 5.30. The Morgan fingerprint density at radius 3 is 2.76 bits per heavy atom. The number of halogens is 1. The lowest BCUT2D eigenvalue weighted by Crippen LogP contribution is -2.07. The molecule has 110 valence electrons. The molecule has 0 spiro atoms. The van der Waals surface area contributed by atoms with Crippen LogP contribution in [0.5, 0.6) is 0 Å². The highest BCUT2D eigenvalue weighted by atomic mass is 79.9. The van der Waals surface area contributed by atoms with Gasteiger partial charge in [0.25, 0.3) is 0 Å². The van der Waals surface area contributed by atoms with E-state index in [1.807, 2.05) is 0 Å². The molecule has 0 amide bonds. The summed E-state index contributed by atoms with van der Waals surface area (Å²) in [6.07, 6.45) is 1.23. The number of carboxylic acid groups (broad SMARTS) is 1. The highest BCUT2D eigenvalue weighted by molar-refractivity contribution is 9.10. The van der Waals surface area contributed by atoms with Crippen molar-refractivity contribution < 1.29 is 14.8 Å². The first-order valence-corrected chi connectivity index (χ1v) is 6.67. The molecule has 0 radical (unpaired) electrons. The maximum Gasteiger partial charge on any atom is 0.314 e. The molecule has 0 aromatic carbocycles. The molecule has 0 saturated carbocycles. The number of hydrogen-bond acceptors (Lipinski definition) is 5. The first-order valence-electron chi connectivity index (χ1n) is 5.88. The Bertz CT molecular complexity index is 741. The average molecular weight is 355 g/mol. The van der Waals surface area contributed by atoms with Crippen molar-refractivity contribution in [3.8, 4) is 5.82 Å². The van der Waals surface area contributed by atoms with Crippen LogP contribution >= 0.6 is 15.9 Å². The third kappa shape index (κ3) is 2.92. The van der Waals surface area contributed by atoms with Crippen LogP contribution < -0.4 is 0 Å². The van der Waals surface area contributed by atoms with E-state index in [-0.39, 0.29) is 17.9 Å². The number of nitrogens with zero attached hydrogens (tertiary/aromatic N) is 4. The fourth-order valence-electron chi connectivity index (χ4n) is 2.01. The van der Waals surface area contributed by atoms with E-state index in [4.69, 9.17) is 5.11 Å². The van der Waals surface area contributed by atoms with E-state index in [0.717, 1.165) is 0 Å². The van der Waals surface area contributed by atoms with Gasteiger partial charge in [-0.05, 0) is 29.8 Å². The van der Waals surface area contributed by atoms with E-state index in [2.05, 4.69) is 26.0 Å². The summed E-state index contributed by atoms with van der Waals surface area (Å²) >= 11 is 3.13. The van der Waals surface area contributed by atoms with Gasteiger partial charge in [0.05, 0.1) is 17.0 Å². The summed E-state index contributed by atoms with van der Waals surface area (Å²) in [6.45, 7) is 3.32. The lowest BCUT2D eigenvalue weighted by atomic mass is 10.1. The number of nitro groups is 1. The van der Waals surface area contributed by atoms with Crippen LogP contribution in [0.4, 0.5) is 5.69 Å². The minimum atomic E-state index is -0.987. The van der Waals surface area contributed by atoms with Crippen LogP contribution in [0.1, 0.15) is 17.0 Å². The number of pyridine rings is 1. The predicted molar refractivity (Wildman–Crippen MR) is 76.5 cm³/mol. The Kier molecular flexibility index (Phi) is 4.03. The van der Waals surface area contributed by atoms with E-state index in [1.54, 1.807) is 13.8 Å². The van der Waals surface area contributed by atoms with Gasteiger partial charge >= 0.3 is 11.7 Å². The maximum absolute atomic E-state index is 11.1. The van der Waals surface area contributed by atoms with E-state index in [1.165, 1.54) is 16.9 Å². The van der Waals surface area contributed by atoms with Crippen LogP contribution in [-0.2, 0) is 11.2 Å². The lowest BCUT2D eigenvalue weighted by molar-refractivity contribution is -0.385. The van der Waals surface area contributed by atoms with E-state index in [0.29, 0.717) is 21.4 Å². The molecule has 2 aromatic heterocycles. The van der Waals surface area contributed by atoms with E-state index in [9.17, 15) is 14.9 Å². The topological polar surface area (TPSA) is 111 Å². The number of rotatable bonds is 4. The van der Waals surface area contributed by atoms with Crippen molar-refractivity contribution >= 4 is 27.6 Å². The van der Waals surface area contributed by atoms with Crippen LogP contribution in [0.2, 0.25) is 0 Å². The summed E-state index contributed by atoms with van der Waals surface area (Å²) in [7, 11) is 0. The number of aryl methyl sites for hydroxylation is 1. The van der Waals surface area contributed by atoms with Crippen molar-refractivity contribution in [1.82, 2.24) is 14.8 Å². The number of aromatic nitrogens is 3. The zero-order chi connectivity index (χ0) is 15.7. The molecule has 1 N–H and O–H groups in total. The maximum atomic E-state index is 11.1. The Balaban J connectivity index is 2.63. The van der Waals surface area contributed by atoms with Crippen LogP contribution in [0, 0.1) is 24.0 Å². The highest BCUT2D eigenvalue weighted by Gasteiger charge is 2.23. The molecule has 21 heavy (non-hydrogen) atoms. The third-order valence-electron chi connectivity index (χ3n) is 2.98. The molecule has 0 aliphatic rings. The van der Waals surface area contributed by atoms with Crippen molar-refractivity contribution in [3.05, 3.63) is 43.8 Å². The van der Waals surface area contributed by atoms with Crippen LogP contribution in [-0.4, -0.2) is 30.8 Å². The first-order chi connectivity index (χ1) is 9.81. The number of hydrogen-bond donors (Lipinski definition) is 1. The second-order valence-electron chi connectivity index (χ2n) is 4.39. The molecule has 0 atom stereocenters. The van der Waals surface area contributed by atoms with E-state index >= 15 is 0 Å². The quantitative estimate of drug-likeness (QED) is 0.665. The first kappa shape index (κ1) is 15.1. The molecule has 0 fully saturated rings. The van der Waals surface area contributed by atoms with Gasteiger partial charge in [-0.2, -0.15) is 5.10 Å². The Morgan fingerprint density at radius 1 is 1.52 bits per heavy atom. The largest absolute Gasteiger partial charge is 0.481 e. The highest BCUT2D eigenvalue weighted by Crippen LogP contribution is 2.26. The van der Waals surface area contributed by atoms with Crippen molar-refractivity contribution in [2.75, 3.05) is 0 Å². The van der Waals surface area contributed by atoms with Crippen LogP contribution in [0.25, 0.3) is 5.82 Å². The van der Waals surface area contributed by atoms with Gasteiger partial charge in [0, 0.05) is 28.0 Å². The van der Waals surface area contributed by atoms with Crippen molar-refractivity contribution in [1.29, 1.82) is 0 Å². The van der Waals surface area contributed by atoms with Gasteiger partial charge in [-0.1, -0.05) is 0 Å². The minimum Gasteiger partial charge on any atom is -0.481 e. The summed E-state index contributed by atoms with van der Waals surface area (Å²) in [6, 6.07) is 1.33. The predicted octanol–water partition coefficient (Wildman–Crippen LogP) is 2.18. The molecule has 0 saturated heterocycles. The third-order valence-corrected chi connectivity index (χ3v) is 3.41. The minimum absolute atomic E-state index is 0.0560. The molecule has 0 unspecified atom stereocenters. The molecule has 9 heteroatoms. The van der Waals surface area contributed by atoms with Gasteiger partial charge in [0.15, 0.2) is 0 Å². The molecule has 2 heterocycles. The number of carbonyl (C=O) groups is 1. The fraction of sp³-hybridized carbons (Fsp3) is 0.250. The Morgan fingerprint density at radius 2 is 2.19 bits per heavy atom. The molecular weight excluding hydrogens is 344 g/mol.